The predicted molar refractivity (Wildman–Crippen MR) is 120 cm³/mol. The van der Waals surface area contributed by atoms with E-state index in [9.17, 15) is 13.2 Å². The summed E-state index contributed by atoms with van der Waals surface area (Å²) in [6, 6.07) is 12.5. The van der Waals surface area contributed by atoms with Crippen molar-refractivity contribution in [3.8, 4) is 11.5 Å². The van der Waals surface area contributed by atoms with E-state index in [0.717, 1.165) is 29.5 Å². The molecule has 1 atom stereocenters. The van der Waals surface area contributed by atoms with Crippen molar-refractivity contribution >= 4 is 27.3 Å². The normalized spacial score (nSPS) is 16.6. The van der Waals surface area contributed by atoms with Gasteiger partial charge in [-0.25, -0.2) is 13.4 Å². The summed E-state index contributed by atoms with van der Waals surface area (Å²) in [6.07, 6.45) is 2.26. The van der Waals surface area contributed by atoms with Gasteiger partial charge in [0.2, 0.25) is 15.9 Å². The van der Waals surface area contributed by atoms with Crippen molar-refractivity contribution in [2.24, 2.45) is 11.0 Å². The molecule has 1 N–H and O–H groups in total. The van der Waals surface area contributed by atoms with Gasteiger partial charge in [0.05, 0.1) is 32.7 Å². The van der Waals surface area contributed by atoms with E-state index in [-0.39, 0.29) is 11.8 Å². The van der Waals surface area contributed by atoms with Gasteiger partial charge in [0.15, 0.2) is 11.5 Å². The minimum atomic E-state index is -3.34. The van der Waals surface area contributed by atoms with Gasteiger partial charge < -0.3 is 9.47 Å². The van der Waals surface area contributed by atoms with Crippen molar-refractivity contribution in [1.29, 1.82) is 0 Å². The average Bonchev–Trinajstić information content (AvgIpc) is 2.74. The Morgan fingerprint density at radius 3 is 2.35 bits per heavy atom. The number of hydrogen-bond donors (Lipinski definition) is 1. The molecule has 31 heavy (non-hydrogen) atoms. The highest BCUT2D eigenvalue weighted by atomic mass is 32.2. The number of hydrogen-bond acceptors (Lipinski definition) is 6. The third-order valence-corrected chi connectivity index (χ3v) is 5.69. The summed E-state index contributed by atoms with van der Waals surface area (Å²) in [5.41, 5.74) is 3.03. The Balaban J connectivity index is 1.88. The summed E-state index contributed by atoms with van der Waals surface area (Å²) in [5, 5.41) is 6.16. The average molecular weight is 446 g/mol. The molecule has 9 heteroatoms. The van der Waals surface area contributed by atoms with Crippen LogP contribution >= 0.6 is 0 Å². The molecule has 0 aromatic heterocycles. The molecule has 0 saturated heterocycles. The second-order valence-electron chi connectivity index (χ2n) is 7.39. The maximum Gasteiger partial charge on any atom is 0.243 e. The zero-order valence-corrected chi connectivity index (χ0v) is 18.9. The number of nitrogens with one attached hydrogen (secondary N) is 1. The number of anilines is 1. The van der Waals surface area contributed by atoms with Gasteiger partial charge in [-0.15, -0.1) is 0 Å². The first-order chi connectivity index (χ1) is 14.7. The molecule has 1 unspecified atom stereocenters. The van der Waals surface area contributed by atoms with Crippen molar-refractivity contribution in [2.45, 2.75) is 26.3 Å². The summed E-state index contributed by atoms with van der Waals surface area (Å²) in [5.74, 6) is 1.21. The van der Waals surface area contributed by atoms with Gasteiger partial charge in [-0.05, 0) is 42.3 Å². The fourth-order valence-corrected chi connectivity index (χ4v) is 4.06. The monoisotopic (exact) mass is 445 g/mol. The van der Waals surface area contributed by atoms with Crippen LogP contribution in [0.2, 0.25) is 0 Å². The van der Waals surface area contributed by atoms with Gasteiger partial charge in [0.1, 0.15) is 0 Å². The van der Waals surface area contributed by atoms with E-state index in [0.29, 0.717) is 30.2 Å². The number of carbonyl (C=O) groups is 1. The highest BCUT2D eigenvalue weighted by Gasteiger charge is 2.29. The van der Waals surface area contributed by atoms with E-state index in [1.165, 1.54) is 5.01 Å². The lowest BCUT2D eigenvalue weighted by Gasteiger charge is -2.29. The summed E-state index contributed by atoms with van der Waals surface area (Å²) in [6.45, 7) is 2.34. The van der Waals surface area contributed by atoms with Gasteiger partial charge in [-0.3, -0.25) is 9.52 Å². The minimum Gasteiger partial charge on any atom is -0.493 e. The molecule has 1 aliphatic rings. The molecule has 8 nitrogen and oxygen atoms in total. The van der Waals surface area contributed by atoms with Crippen molar-refractivity contribution in [1.82, 2.24) is 5.01 Å². The molecular formula is C22H27N3O5S. The Bertz CT molecular complexity index is 1080. The van der Waals surface area contributed by atoms with E-state index in [1.54, 1.807) is 38.5 Å². The van der Waals surface area contributed by atoms with E-state index >= 15 is 0 Å². The molecule has 0 aliphatic carbocycles. The van der Waals surface area contributed by atoms with Crippen LogP contribution in [-0.2, 0) is 21.4 Å². The first-order valence-corrected chi connectivity index (χ1v) is 11.8. The third-order valence-electron chi connectivity index (χ3n) is 5.09. The number of amides is 1. The predicted octanol–water partition coefficient (Wildman–Crippen LogP) is 3.24. The summed E-state index contributed by atoms with van der Waals surface area (Å²) in [7, 11) is -0.171. The van der Waals surface area contributed by atoms with Crippen LogP contribution in [-0.4, -0.2) is 45.5 Å². The van der Waals surface area contributed by atoms with Crippen LogP contribution in [0.1, 0.15) is 30.9 Å². The number of nitrogens with zero attached hydrogens (tertiary/aromatic N) is 2. The molecule has 1 heterocycles. The smallest absolute Gasteiger partial charge is 0.243 e. The second kappa shape index (κ2) is 9.38. The highest BCUT2D eigenvalue weighted by molar-refractivity contribution is 7.92. The van der Waals surface area contributed by atoms with E-state index in [1.807, 2.05) is 25.1 Å². The van der Waals surface area contributed by atoms with Gasteiger partial charge in [0.25, 0.3) is 0 Å². The molecule has 1 aliphatic heterocycles. The number of rotatable bonds is 8. The summed E-state index contributed by atoms with van der Waals surface area (Å²) < 4.78 is 35.9. The van der Waals surface area contributed by atoms with Gasteiger partial charge in [-0.2, -0.15) is 5.10 Å². The Hall–Kier alpha value is -3.07. The number of benzene rings is 2. The van der Waals surface area contributed by atoms with Crippen LogP contribution in [0.3, 0.4) is 0 Å². The fraction of sp³-hybridized carbons (Fsp3) is 0.364. The summed E-state index contributed by atoms with van der Waals surface area (Å²) in [4.78, 5) is 12.7. The maximum atomic E-state index is 12.7. The first kappa shape index (κ1) is 22.6. The van der Waals surface area contributed by atoms with Crippen LogP contribution < -0.4 is 14.2 Å². The second-order valence-corrected chi connectivity index (χ2v) is 9.14. The molecule has 0 spiro atoms. The van der Waals surface area contributed by atoms with E-state index < -0.39 is 10.0 Å². The summed E-state index contributed by atoms with van der Waals surface area (Å²) >= 11 is 0. The largest absolute Gasteiger partial charge is 0.493 e. The van der Waals surface area contributed by atoms with Gasteiger partial charge in [-0.1, -0.05) is 19.1 Å². The number of hydrazone groups is 1. The van der Waals surface area contributed by atoms with E-state index in [2.05, 4.69) is 9.82 Å². The molecule has 0 saturated carbocycles. The Labute approximate surface area is 182 Å². The van der Waals surface area contributed by atoms with Crippen molar-refractivity contribution in [2.75, 3.05) is 25.2 Å². The lowest BCUT2D eigenvalue weighted by atomic mass is 9.89. The molecule has 0 fully saturated rings. The van der Waals surface area contributed by atoms with Gasteiger partial charge in [0, 0.05) is 23.6 Å². The van der Waals surface area contributed by atoms with Crippen LogP contribution in [0.5, 0.6) is 11.5 Å². The molecule has 2 aromatic rings. The molecule has 3 rings (SSSR count). The number of carbonyl (C=O) groups excluding carboxylic acids is 1. The maximum absolute atomic E-state index is 12.7. The van der Waals surface area contributed by atoms with Crippen molar-refractivity contribution < 1.29 is 22.7 Å². The quantitative estimate of drug-likeness (QED) is 0.673. The lowest BCUT2D eigenvalue weighted by molar-refractivity contribution is -0.133. The molecule has 0 radical (unpaired) electrons. The standard InChI is InChI=1S/C22H27N3O5S/c1-5-16-13-21(26)25(14-15-6-9-18(10-7-15)24-31(4,27)28)23-22(16)17-8-11-19(29-2)20(12-17)30-3/h6-12,16,24H,5,13-14H2,1-4H3. The minimum absolute atomic E-state index is 0.0168. The van der Waals surface area contributed by atoms with Gasteiger partial charge >= 0.3 is 0 Å². The van der Waals surface area contributed by atoms with Crippen LogP contribution in [0, 0.1) is 5.92 Å². The first-order valence-electron chi connectivity index (χ1n) is 9.92. The topological polar surface area (TPSA) is 97.3 Å². The van der Waals surface area contributed by atoms with E-state index in [4.69, 9.17) is 9.47 Å². The number of sulfonamides is 1. The zero-order chi connectivity index (χ0) is 22.6. The SMILES string of the molecule is CCC1CC(=O)N(Cc2ccc(NS(C)(=O)=O)cc2)N=C1c1ccc(OC)c(OC)c1. The van der Waals surface area contributed by atoms with Crippen molar-refractivity contribution in [3.05, 3.63) is 53.6 Å². The Morgan fingerprint density at radius 2 is 1.77 bits per heavy atom. The Kier molecular flexibility index (Phi) is 6.84. The lowest BCUT2D eigenvalue weighted by Crippen LogP contribution is -2.36. The molecular weight excluding hydrogens is 418 g/mol. The number of ether oxygens (including phenoxy) is 2. The third kappa shape index (κ3) is 5.55. The fourth-order valence-electron chi connectivity index (χ4n) is 3.50. The molecule has 0 bridgehead atoms. The molecule has 166 valence electrons. The van der Waals surface area contributed by atoms with Crippen molar-refractivity contribution in [3.63, 3.8) is 0 Å². The Morgan fingerprint density at radius 1 is 1.10 bits per heavy atom. The number of methoxy groups -OCH3 is 2. The van der Waals surface area contributed by atoms with Crippen LogP contribution in [0.15, 0.2) is 47.6 Å². The molecule has 2 aromatic carbocycles. The zero-order valence-electron chi connectivity index (χ0n) is 18.1. The van der Waals surface area contributed by atoms with Crippen LogP contribution in [0.4, 0.5) is 5.69 Å². The highest BCUT2D eigenvalue weighted by Crippen LogP contribution is 2.31. The molecule has 1 amide bonds. The van der Waals surface area contributed by atoms with Crippen LogP contribution in [0.25, 0.3) is 0 Å².